The fourth-order valence-corrected chi connectivity index (χ4v) is 9.25. The quantitative estimate of drug-likeness (QED) is 0.132. The molecule has 4 atom stereocenters. The van der Waals surface area contributed by atoms with Crippen LogP contribution in [-0.2, 0) is 55.6 Å². The number of rotatable bonds is 2. The first-order chi connectivity index (χ1) is 25.7. The molecule has 0 bridgehead atoms. The average Bonchev–Trinajstić information content (AvgIpc) is 3.99. The maximum absolute atomic E-state index is 4.94. The zero-order valence-electron chi connectivity index (χ0n) is 32.1. The van der Waals surface area contributed by atoms with E-state index >= 15 is 0 Å². The normalized spacial score (nSPS) is 22.4. The van der Waals surface area contributed by atoms with Crippen molar-refractivity contribution in [1.29, 1.82) is 0 Å². The molecule has 0 spiro atoms. The summed E-state index contributed by atoms with van der Waals surface area (Å²) in [4.78, 5) is 4.88. The van der Waals surface area contributed by atoms with E-state index in [1.165, 1.54) is 57.3 Å². The van der Waals surface area contributed by atoms with Gasteiger partial charge < -0.3 is 76.4 Å². The first-order valence-electron chi connectivity index (χ1n) is 19.8. The summed E-state index contributed by atoms with van der Waals surface area (Å²) in [5.41, 5.74) is 12.1. The standard InChI is InChI=1S/2C19H18N2.C4H8O.C4H10O.2HI.Pd/c2*1-3-7-16-14(5-1)9-11-20-13-21-12-10-15-6-2-4-8-17(15)19(21)18(16)20;1-2-4-5-3-1;1-3-5-4-2;;;/h2*1-8,18-19H,9-12H2;1-4H2;3-4H2,1-2H3;2*1H;/q;;;;;;+2/p-2/t2*18-,19-;;;;;/m00...../s1. The van der Waals surface area contributed by atoms with E-state index in [-0.39, 0.29) is 68.4 Å². The van der Waals surface area contributed by atoms with Crippen molar-refractivity contribution < 1.29 is 87.0 Å². The summed E-state index contributed by atoms with van der Waals surface area (Å²) in [5, 5.41) is 0. The fraction of sp³-hybridized carbons (Fsp3) is 0.435. The topological polar surface area (TPSA) is 31.0 Å². The summed E-state index contributed by atoms with van der Waals surface area (Å²) in [6, 6.07) is 37.6. The molecule has 0 saturated carbocycles. The zero-order chi connectivity index (χ0) is 35.3. The molecule has 0 N–H and O–H groups in total. The molecule has 55 heavy (non-hydrogen) atoms. The van der Waals surface area contributed by atoms with Gasteiger partial charge in [0.15, 0.2) is 0 Å². The van der Waals surface area contributed by atoms with E-state index < -0.39 is 0 Å². The Morgan fingerprint density at radius 1 is 0.564 bits per heavy atom. The number of ether oxygens (including phenoxy) is 2. The number of nitrogens with zero attached hydrogens (tertiary/aromatic N) is 4. The van der Waals surface area contributed by atoms with Crippen LogP contribution in [0.2, 0.25) is 0 Å². The van der Waals surface area contributed by atoms with Gasteiger partial charge in [-0.05, 0) is 48.9 Å². The van der Waals surface area contributed by atoms with Crippen molar-refractivity contribution in [1.82, 2.24) is 9.80 Å². The number of benzene rings is 4. The van der Waals surface area contributed by atoms with Crippen LogP contribution in [0.15, 0.2) is 97.1 Å². The van der Waals surface area contributed by atoms with Crippen LogP contribution in [0, 0.1) is 0 Å². The first kappa shape index (κ1) is 44.0. The van der Waals surface area contributed by atoms with Crippen LogP contribution in [0.3, 0.4) is 0 Å². The monoisotopic (exact) mass is 1050 g/mol. The molecule has 7 aliphatic heterocycles. The summed E-state index contributed by atoms with van der Waals surface area (Å²) >= 11 is 0. The molecule has 0 amide bonds. The van der Waals surface area contributed by atoms with E-state index in [1.807, 2.05) is 13.8 Å². The Hall–Kier alpha value is -2.14. The van der Waals surface area contributed by atoms with Crippen LogP contribution in [-0.4, -0.2) is 84.2 Å². The van der Waals surface area contributed by atoms with E-state index in [0.717, 1.165) is 78.3 Å². The predicted molar refractivity (Wildman–Crippen MR) is 207 cm³/mol. The minimum atomic E-state index is 0. The fourth-order valence-electron chi connectivity index (χ4n) is 9.25. The van der Waals surface area contributed by atoms with Gasteiger partial charge in [0.05, 0.1) is 26.2 Å². The van der Waals surface area contributed by atoms with Gasteiger partial charge >= 0.3 is 20.4 Å². The van der Waals surface area contributed by atoms with Crippen LogP contribution >= 0.6 is 0 Å². The van der Waals surface area contributed by atoms with Crippen molar-refractivity contribution in [2.45, 2.75) is 76.5 Å². The second-order valence-corrected chi connectivity index (χ2v) is 14.6. The van der Waals surface area contributed by atoms with Crippen LogP contribution in [0.4, 0.5) is 0 Å². The Bertz CT molecular complexity index is 1780. The number of fused-ring (bicyclic) bond motifs is 14. The molecule has 7 aliphatic rings. The van der Waals surface area contributed by atoms with E-state index in [1.54, 1.807) is 0 Å². The molecule has 294 valence electrons. The third-order valence-corrected chi connectivity index (χ3v) is 11.7. The van der Waals surface area contributed by atoms with E-state index in [2.05, 4.69) is 129 Å². The smallest absolute Gasteiger partial charge is 1.00 e. The van der Waals surface area contributed by atoms with Crippen LogP contribution in [0.25, 0.3) is 0 Å². The van der Waals surface area contributed by atoms with Crippen LogP contribution in [0.5, 0.6) is 0 Å². The van der Waals surface area contributed by atoms with E-state index in [9.17, 15) is 0 Å². The molecule has 1 fully saturated rings. The molecular weight excluding hydrogens is 1000 g/mol. The van der Waals surface area contributed by atoms with Gasteiger partial charge in [0.2, 0.25) is 0 Å². The molecule has 9 heteroatoms. The molecule has 1 saturated heterocycles. The summed E-state index contributed by atoms with van der Waals surface area (Å²) in [6.45, 7) is 12.0. The molecule has 0 aromatic heterocycles. The molecule has 4 aromatic rings. The Balaban J connectivity index is 0.000000162. The van der Waals surface area contributed by atoms with E-state index in [0.29, 0.717) is 24.2 Å². The van der Waals surface area contributed by atoms with Gasteiger partial charge in [0, 0.05) is 74.4 Å². The van der Waals surface area contributed by atoms with Crippen molar-refractivity contribution in [2.75, 3.05) is 52.6 Å². The molecule has 0 unspecified atom stereocenters. The SMILES string of the molecule is C1CCOC1.CCOCC.[C-]1=[N+]2CCc3ccccc3[C@H]2[C@@H]2c3ccccc3CCN12.[C-]1=[N+]2CCc3ccccc3[C@H]2[C@@H]2c3ccccc3CCN12.[I-].[I-].[Pd+2]. The minimum absolute atomic E-state index is 0. The zero-order valence-corrected chi connectivity index (χ0v) is 38.0. The number of hydrogen-bond acceptors (Lipinski definition) is 4. The number of halogens is 2. The van der Waals surface area contributed by atoms with Crippen LogP contribution < -0.4 is 48.0 Å². The summed E-state index contributed by atoms with van der Waals surface area (Å²) in [5.74, 6) is 0. The van der Waals surface area contributed by atoms with Crippen molar-refractivity contribution in [3.05, 3.63) is 142 Å². The van der Waals surface area contributed by atoms with Gasteiger partial charge in [-0.2, -0.15) is 0 Å². The Morgan fingerprint density at radius 2 is 0.927 bits per heavy atom. The Morgan fingerprint density at radius 3 is 1.27 bits per heavy atom. The maximum Gasteiger partial charge on any atom is 2.00 e. The molecule has 0 aliphatic carbocycles. The third kappa shape index (κ3) is 9.44. The van der Waals surface area contributed by atoms with Gasteiger partial charge in [0.25, 0.3) is 0 Å². The molecule has 6 nitrogen and oxygen atoms in total. The first-order valence-corrected chi connectivity index (χ1v) is 19.8. The molecule has 7 heterocycles. The minimum Gasteiger partial charge on any atom is -1.00 e. The maximum atomic E-state index is 4.94. The number of hydrogen-bond donors (Lipinski definition) is 0. The van der Waals surface area contributed by atoms with E-state index in [4.69, 9.17) is 9.47 Å². The van der Waals surface area contributed by atoms with Gasteiger partial charge in [-0.25, -0.2) is 0 Å². The largest absolute Gasteiger partial charge is 2.00 e. The van der Waals surface area contributed by atoms with Gasteiger partial charge in [-0.3, -0.25) is 0 Å². The second-order valence-electron chi connectivity index (χ2n) is 14.6. The van der Waals surface area contributed by atoms with Crippen LogP contribution in [0.1, 0.15) is 95.4 Å². The van der Waals surface area contributed by atoms with Gasteiger partial charge in [-0.15, -0.1) is 12.7 Å². The summed E-state index contributed by atoms with van der Waals surface area (Å²) in [6.07, 6.45) is 14.4. The van der Waals surface area contributed by atoms with Crippen molar-refractivity contribution in [2.24, 2.45) is 0 Å². The van der Waals surface area contributed by atoms with Gasteiger partial charge in [-0.1, -0.05) is 97.1 Å². The molecule has 4 aromatic carbocycles. The van der Waals surface area contributed by atoms with Gasteiger partial charge in [0.1, 0.15) is 24.2 Å². The van der Waals surface area contributed by atoms with Crippen molar-refractivity contribution in [3.8, 4) is 0 Å². The third-order valence-electron chi connectivity index (χ3n) is 11.7. The molecular formula is C46H54I2N4O2Pd. The predicted octanol–water partition coefficient (Wildman–Crippen LogP) is 1.47. The van der Waals surface area contributed by atoms with Crippen molar-refractivity contribution >= 4 is 12.7 Å². The Labute approximate surface area is 377 Å². The second kappa shape index (κ2) is 21.0. The van der Waals surface area contributed by atoms with Crippen molar-refractivity contribution in [3.63, 3.8) is 0 Å². The molecule has 11 rings (SSSR count). The molecule has 0 radical (unpaired) electrons. The summed E-state index contributed by atoms with van der Waals surface area (Å²) < 4.78 is 14.7. The average molecular weight is 1060 g/mol. The Kier molecular flexibility index (Phi) is 16.8. The summed E-state index contributed by atoms with van der Waals surface area (Å²) in [7, 11) is 0.